The molecule has 1 saturated heterocycles. The van der Waals surface area contributed by atoms with Crippen molar-refractivity contribution in [3.63, 3.8) is 0 Å². The third-order valence-electron chi connectivity index (χ3n) is 3.96. The van der Waals surface area contributed by atoms with Gasteiger partial charge in [0.25, 0.3) is 0 Å². The largest absolute Gasteiger partial charge is 0.477 e. The van der Waals surface area contributed by atoms with Crippen LogP contribution in [-0.2, 0) is 6.54 Å². The first-order chi connectivity index (χ1) is 10.1. The van der Waals surface area contributed by atoms with Gasteiger partial charge in [-0.3, -0.25) is 0 Å². The number of rotatable bonds is 4. The highest BCUT2D eigenvalue weighted by molar-refractivity contribution is 5.85. The SMILES string of the molecule is Cc1nccn1CC1CCCN1c1cccc(C(=O)O)n1. The highest BCUT2D eigenvalue weighted by Gasteiger charge is 2.26. The molecule has 0 amide bonds. The van der Waals surface area contributed by atoms with Crippen molar-refractivity contribution in [3.05, 3.63) is 42.1 Å². The van der Waals surface area contributed by atoms with Gasteiger partial charge in [0, 0.05) is 31.5 Å². The highest BCUT2D eigenvalue weighted by atomic mass is 16.4. The van der Waals surface area contributed by atoms with Gasteiger partial charge in [0.15, 0.2) is 5.69 Å². The molecule has 0 spiro atoms. The first-order valence-electron chi connectivity index (χ1n) is 7.10. The fourth-order valence-corrected chi connectivity index (χ4v) is 2.85. The summed E-state index contributed by atoms with van der Waals surface area (Å²) < 4.78 is 2.13. The Morgan fingerprint density at radius 3 is 3.05 bits per heavy atom. The van der Waals surface area contributed by atoms with Gasteiger partial charge < -0.3 is 14.6 Å². The van der Waals surface area contributed by atoms with Crippen LogP contribution < -0.4 is 4.90 Å². The van der Waals surface area contributed by atoms with E-state index in [-0.39, 0.29) is 5.69 Å². The molecule has 0 saturated carbocycles. The Balaban J connectivity index is 1.82. The van der Waals surface area contributed by atoms with Gasteiger partial charge in [0.2, 0.25) is 0 Å². The van der Waals surface area contributed by atoms with Crippen LogP contribution in [0, 0.1) is 6.92 Å². The molecular weight excluding hydrogens is 268 g/mol. The van der Waals surface area contributed by atoms with Gasteiger partial charge in [-0.1, -0.05) is 6.07 Å². The van der Waals surface area contributed by atoms with E-state index in [9.17, 15) is 4.79 Å². The van der Waals surface area contributed by atoms with Crippen molar-refractivity contribution in [1.29, 1.82) is 0 Å². The zero-order valence-corrected chi connectivity index (χ0v) is 11.9. The third-order valence-corrected chi connectivity index (χ3v) is 3.96. The van der Waals surface area contributed by atoms with Crippen LogP contribution in [0.5, 0.6) is 0 Å². The Hall–Kier alpha value is -2.37. The number of carboxylic acids is 1. The van der Waals surface area contributed by atoms with Crippen LogP contribution in [0.1, 0.15) is 29.2 Å². The van der Waals surface area contributed by atoms with Gasteiger partial charge in [-0.2, -0.15) is 0 Å². The zero-order valence-electron chi connectivity index (χ0n) is 11.9. The molecule has 1 aliphatic heterocycles. The predicted molar refractivity (Wildman–Crippen MR) is 78.5 cm³/mol. The van der Waals surface area contributed by atoms with E-state index >= 15 is 0 Å². The third kappa shape index (κ3) is 2.74. The van der Waals surface area contributed by atoms with Crippen LogP contribution in [0.15, 0.2) is 30.6 Å². The van der Waals surface area contributed by atoms with Crippen molar-refractivity contribution in [3.8, 4) is 0 Å². The number of anilines is 1. The second-order valence-electron chi connectivity index (χ2n) is 5.30. The summed E-state index contributed by atoms with van der Waals surface area (Å²) in [6.45, 7) is 3.75. The fourth-order valence-electron chi connectivity index (χ4n) is 2.85. The summed E-state index contributed by atoms with van der Waals surface area (Å²) in [5, 5.41) is 9.07. The molecule has 1 fully saturated rings. The molecule has 21 heavy (non-hydrogen) atoms. The Labute approximate surface area is 123 Å². The summed E-state index contributed by atoms with van der Waals surface area (Å²) >= 11 is 0. The maximum Gasteiger partial charge on any atom is 0.354 e. The lowest BCUT2D eigenvalue weighted by Crippen LogP contribution is -2.34. The minimum Gasteiger partial charge on any atom is -0.477 e. The summed E-state index contributed by atoms with van der Waals surface area (Å²) in [4.78, 5) is 21.8. The number of carbonyl (C=O) groups is 1. The maximum atomic E-state index is 11.1. The molecule has 3 rings (SSSR count). The smallest absolute Gasteiger partial charge is 0.354 e. The maximum absolute atomic E-state index is 11.1. The van der Waals surface area contributed by atoms with Gasteiger partial charge in [-0.05, 0) is 31.9 Å². The lowest BCUT2D eigenvalue weighted by molar-refractivity contribution is 0.0690. The van der Waals surface area contributed by atoms with E-state index in [1.165, 1.54) is 6.07 Å². The van der Waals surface area contributed by atoms with E-state index in [4.69, 9.17) is 5.11 Å². The molecule has 110 valence electrons. The number of imidazole rings is 1. The number of nitrogens with zero attached hydrogens (tertiary/aromatic N) is 4. The molecule has 1 aliphatic rings. The Morgan fingerprint density at radius 2 is 2.33 bits per heavy atom. The van der Waals surface area contributed by atoms with Gasteiger partial charge >= 0.3 is 5.97 Å². The van der Waals surface area contributed by atoms with Gasteiger partial charge in [-0.25, -0.2) is 14.8 Å². The molecule has 1 N–H and O–H groups in total. The summed E-state index contributed by atoms with van der Waals surface area (Å²) in [6, 6.07) is 5.49. The topological polar surface area (TPSA) is 71.2 Å². The molecule has 6 nitrogen and oxygen atoms in total. The van der Waals surface area contributed by atoms with Crippen LogP contribution in [0.25, 0.3) is 0 Å². The first kappa shape index (κ1) is 13.6. The molecule has 0 radical (unpaired) electrons. The first-order valence-corrected chi connectivity index (χ1v) is 7.10. The lowest BCUT2D eigenvalue weighted by atomic mass is 10.2. The van der Waals surface area contributed by atoms with Crippen molar-refractivity contribution >= 4 is 11.8 Å². The zero-order chi connectivity index (χ0) is 14.8. The van der Waals surface area contributed by atoms with Crippen LogP contribution in [0.3, 0.4) is 0 Å². The van der Waals surface area contributed by atoms with Crippen molar-refractivity contribution in [2.75, 3.05) is 11.4 Å². The predicted octanol–water partition coefficient (Wildman–Crippen LogP) is 1.95. The van der Waals surface area contributed by atoms with Crippen molar-refractivity contribution in [2.45, 2.75) is 32.4 Å². The van der Waals surface area contributed by atoms with E-state index in [0.29, 0.717) is 6.04 Å². The lowest BCUT2D eigenvalue weighted by Gasteiger charge is -2.26. The number of hydrogen-bond donors (Lipinski definition) is 1. The average Bonchev–Trinajstić information content (AvgIpc) is 3.09. The number of hydrogen-bond acceptors (Lipinski definition) is 4. The van der Waals surface area contributed by atoms with E-state index in [0.717, 1.165) is 37.6 Å². The van der Waals surface area contributed by atoms with E-state index in [2.05, 4.69) is 19.4 Å². The highest BCUT2D eigenvalue weighted by Crippen LogP contribution is 2.25. The molecule has 1 atom stereocenters. The van der Waals surface area contributed by atoms with Crippen molar-refractivity contribution < 1.29 is 9.90 Å². The Morgan fingerprint density at radius 1 is 1.48 bits per heavy atom. The van der Waals surface area contributed by atoms with Crippen LogP contribution in [-0.4, -0.2) is 38.2 Å². The molecule has 3 heterocycles. The van der Waals surface area contributed by atoms with Crippen LogP contribution >= 0.6 is 0 Å². The minimum absolute atomic E-state index is 0.0944. The number of aromatic nitrogens is 3. The Kier molecular flexibility index (Phi) is 3.60. The van der Waals surface area contributed by atoms with Crippen molar-refractivity contribution in [1.82, 2.24) is 14.5 Å². The summed E-state index contributed by atoms with van der Waals surface area (Å²) in [7, 11) is 0. The molecular formula is C15H18N4O2. The number of aryl methyl sites for hydroxylation is 1. The Bertz CT molecular complexity index is 653. The number of carboxylic acid groups (broad SMARTS) is 1. The molecule has 6 heteroatoms. The van der Waals surface area contributed by atoms with Gasteiger partial charge in [0.1, 0.15) is 11.6 Å². The number of pyridine rings is 1. The fraction of sp³-hybridized carbons (Fsp3) is 0.400. The molecule has 0 aromatic carbocycles. The summed E-state index contributed by atoms with van der Waals surface area (Å²) in [6.07, 6.45) is 5.96. The van der Waals surface area contributed by atoms with Crippen LogP contribution in [0.4, 0.5) is 5.82 Å². The van der Waals surface area contributed by atoms with E-state index in [1.54, 1.807) is 12.3 Å². The second kappa shape index (κ2) is 5.55. The standard InChI is InChI=1S/C15H18N4O2/c1-11-16-7-9-18(11)10-12-4-3-8-19(12)14-6-2-5-13(17-14)15(20)21/h2,5-7,9,12H,3-4,8,10H2,1H3,(H,20,21). The average molecular weight is 286 g/mol. The normalized spacial score (nSPS) is 18.1. The monoisotopic (exact) mass is 286 g/mol. The number of aromatic carboxylic acids is 1. The van der Waals surface area contributed by atoms with Crippen LogP contribution in [0.2, 0.25) is 0 Å². The molecule has 2 aromatic rings. The second-order valence-corrected chi connectivity index (χ2v) is 5.30. The molecule has 0 bridgehead atoms. The summed E-state index contributed by atoms with van der Waals surface area (Å²) in [5.41, 5.74) is 0.0944. The van der Waals surface area contributed by atoms with E-state index < -0.39 is 5.97 Å². The molecule has 0 aliphatic carbocycles. The molecule has 2 aromatic heterocycles. The summed E-state index contributed by atoms with van der Waals surface area (Å²) in [5.74, 6) is 0.752. The quantitative estimate of drug-likeness (QED) is 0.930. The minimum atomic E-state index is -0.988. The van der Waals surface area contributed by atoms with Crippen molar-refractivity contribution in [2.24, 2.45) is 0 Å². The van der Waals surface area contributed by atoms with E-state index in [1.807, 2.05) is 19.2 Å². The molecule has 1 unspecified atom stereocenters. The van der Waals surface area contributed by atoms with Gasteiger partial charge in [0.05, 0.1) is 0 Å². The van der Waals surface area contributed by atoms with Gasteiger partial charge in [-0.15, -0.1) is 0 Å².